The fraction of sp³-hybridized carbons (Fsp3) is 0.688. The number of rotatable bonds is 4. The first-order chi connectivity index (χ1) is 10.3. The molecule has 2 fully saturated rings. The molecular formula is C16H25N3O2. The van der Waals surface area contributed by atoms with Gasteiger partial charge in [-0.3, -0.25) is 9.69 Å². The van der Waals surface area contributed by atoms with Crippen LogP contribution in [0.15, 0.2) is 23.0 Å². The smallest absolute Gasteiger partial charge is 0.227 e. The predicted molar refractivity (Wildman–Crippen MR) is 81.1 cm³/mol. The Morgan fingerprint density at radius 1 is 1.29 bits per heavy atom. The molecule has 0 aromatic carbocycles. The highest BCUT2D eigenvalue weighted by Crippen LogP contribution is 2.18. The summed E-state index contributed by atoms with van der Waals surface area (Å²) in [4.78, 5) is 19.4. The molecule has 21 heavy (non-hydrogen) atoms. The zero-order chi connectivity index (χ0) is 14.7. The van der Waals surface area contributed by atoms with Crippen LogP contribution >= 0.6 is 0 Å². The average molecular weight is 291 g/mol. The molecule has 3 rings (SSSR count). The van der Waals surface area contributed by atoms with Crippen molar-refractivity contribution in [3.05, 3.63) is 24.2 Å². The largest absolute Gasteiger partial charge is 0.472 e. The molecule has 5 nitrogen and oxygen atoms in total. The van der Waals surface area contributed by atoms with Crippen LogP contribution in [0.5, 0.6) is 0 Å². The SMILES string of the molecule is CCN1CCN(C2CCN(C(=O)Cc3ccoc3)C2)CC1. The van der Waals surface area contributed by atoms with Gasteiger partial charge in [0, 0.05) is 45.3 Å². The minimum absolute atomic E-state index is 0.228. The third-order valence-corrected chi connectivity index (χ3v) is 4.82. The molecule has 2 aliphatic heterocycles. The van der Waals surface area contributed by atoms with Gasteiger partial charge in [0.1, 0.15) is 0 Å². The van der Waals surface area contributed by atoms with Gasteiger partial charge in [-0.05, 0) is 24.6 Å². The molecule has 1 aromatic heterocycles. The molecule has 0 saturated carbocycles. The summed E-state index contributed by atoms with van der Waals surface area (Å²) in [5.74, 6) is 0.228. The van der Waals surface area contributed by atoms with Crippen molar-refractivity contribution in [1.82, 2.24) is 14.7 Å². The predicted octanol–water partition coefficient (Wildman–Crippen LogP) is 1.06. The van der Waals surface area contributed by atoms with Crippen LogP contribution in [0.2, 0.25) is 0 Å². The fourth-order valence-electron chi connectivity index (χ4n) is 3.39. The second-order valence-electron chi connectivity index (χ2n) is 6.06. The van der Waals surface area contributed by atoms with Crippen molar-refractivity contribution in [1.29, 1.82) is 0 Å². The van der Waals surface area contributed by atoms with Crippen molar-refractivity contribution in [2.24, 2.45) is 0 Å². The minimum Gasteiger partial charge on any atom is -0.472 e. The first-order valence-electron chi connectivity index (χ1n) is 8.01. The van der Waals surface area contributed by atoms with Crippen LogP contribution in [0.25, 0.3) is 0 Å². The molecule has 1 unspecified atom stereocenters. The van der Waals surface area contributed by atoms with E-state index >= 15 is 0 Å². The second kappa shape index (κ2) is 6.62. The maximum Gasteiger partial charge on any atom is 0.227 e. The summed E-state index contributed by atoms with van der Waals surface area (Å²) >= 11 is 0. The Morgan fingerprint density at radius 3 is 2.76 bits per heavy atom. The molecule has 0 N–H and O–H groups in total. The Hall–Kier alpha value is -1.33. The van der Waals surface area contributed by atoms with E-state index in [4.69, 9.17) is 4.42 Å². The van der Waals surface area contributed by atoms with Crippen LogP contribution < -0.4 is 0 Å². The number of carbonyl (C=O) groups is 1. The van der Waals surface area contributed by atoms with E-state index in [1.54, 1.807) is 12.5 Å². The molecule has 1 aromatic rings. The number of hydrogen-bond acceptors (Lipinski definition) is 4. The Morgan fingerprint density at radius 2 is 2.10 bits per heavy atom. The van der Waals surface area contributed by atoms with E-state index in [1.165, 1.54) is 0 Å². The van der Waals surface area contributed by atoms with E-state index in [0.717, 1.165) is 57.8 Å². The Kier molecular flexibility index (Phi) is 4.60. The van der Waals surface area contributed by atoms with Crippen molar-refractivity contribution >= 4 is 5.91 Å². The van der Waals surface area contributed by atoms with Gasteiger partial charge in [0.15, 0.2) is 0 Å². The number of carbonyl (C=O) groups excluding carboxylic acids is 1. The molecule has 1 atom stereocenters. The Labute approximate surface area is 126 Å². The summed E-state index contributed by atoms with van der Waals surface area (Å²) in [6.45, 7) is 9.77. The van der Waals surface area contributed by atoms with Crippen LogP contribution in [0, 0.1) is 0 Å². The van der Waals surface area contributed by atoms with Gasteiger partial charge < -0.3 is 14.2 Å². The molecule has 116 valence electrons. The summed E-state index contributed by atoms with van der Waals surface area (Å²) in [6, 6.07) is 2.42. The minimum atomic E-state index is 0.228. The van der Waals surface area contributed by atoms with Gasteiger partial charge in [0.2, 0.25) is 5.91 Å². The van der Waals surface area contributed by atoms with Gasteiger partial charge in [-0.1, -0.05) is 6.92 Å². The topological polar surface area (TPSA) is 39.9 Å². The number of likely N-dealkylation sites (tertiary alicyclic amines) is 1. The number of hydrogen-bond donors (Lipinski definition) is 0. The molecule has 0 bridgehead atoms. The van der Waals surface area contributed by atoms with Crippen LogP contribution in [0.3, 0.4) is 0 Å². The van der Waals surface area contributed by atoms with E-state index in [2.05, 4.69) is 16.7 Å². The normalized spacial score (nSPS) is 24.6. The molecule has 0 spiro atoms. The van der Waals surface area contributed by atoms with Crippen molar-refractivity contribution in [2.75, 3.05) is 45.8 Å². The summed E-state index contributed by atoms with van der Waals surface area (Å²) in [5, 5.41) is 0. The lowest BCUT2D eigenvalue weighted by Crippen LogP contribution is -2.51. The van der Waals surface area contributed by atoms with Crippen molar-refractivity contribution in [3.8, 4) is 0 Å². The van der Waals surface area contributed by atoms with Gasteiger partial charge in [0.25, 0.3) is 0 Å². The number of nitrogens with zero attached hydrogens (tertiary/aromatic N) is 3. The van der Waals surface area contributed by atoms with E-state index < -0.39 is 0 Å². The maximum atomic E-state index is 12.3. The van der Waals surface area contributed by atoms with Crippen LogP contribution in [-0.4, -0.2) is 72.5 Å². The van der Waals surface area contributed by atoms with Gasteiger partial charge >= 0.3 is 0 Å². The molecular weight excluding hydrogens is 266 g/mol. The third kappa shape index (κ3) is 3.47. The van der Waals surface area contributed by atoms with E-state index in [1.807, 2.05) is 11.0 Å². The standard InChI is InChI=1S/C16H25N3O2/c1-2-17-6-8-18(9-7-17)15-3-5-19(12-15)16(20)11-14-4-10-21-13-14/h4,10,13,15H,2-3,5-9,11-12H2,1H3. The molecule has 2 saturated heterocycles. The zero-order valence-corrected chi connectivity index (χ0v) is 12.8. The Bertz CT molecular complexity index is 452. The fourth-order valence-corrected chi connectivity index (χ4v) is 3.39. The van der Waals surface area contributed by atoms with Gasteiger partial charge in [-0.2, -0.15) is 0 Å². The van der Waals surface area contributed by atoms with Crippen molar-refractivity contribution < 1.29 is 9.21 Å². The molecule has 1 amide bonds. The van der Waals surface area contributed by atoms with Gasteiger partial charge in [-0.25, -0.2) is 0 Å². The number of furan rings is 1. The molecule has 0 radical (unpaired) electrons. The monoisotopic (exact) mass is 291 g/mol. The molecule has 0 aliphatic carbocycles. The second-order valence-corrected chi connectivity index (χ2v) is 6.06. The number of likely N-dealkylation sites (N-methyl/N-ethyl adjacent to an activating group) is 1. The van der Waals surface area contributed by atoms with Crippen molar-refractivity contribution in [3.63, 3.8) is 0 Å². The highest BCUT2D eigenvalue weighted by atomic mass is 16.3. The first-order valence-corrected chi connectivity index (χ1v) is 8.01. The third-order valence-electron chi connectivity index (χ3n) is 4.82. The summed E-state index contributed by atoms with van der Waals surface area (Å²) < 4.78 is 5.03. The van der Waals surface area contributed by atoms with Gasteiger partial charge in [0.05, 0.1) is 18.9 Å². The van der Waals surface area contributed by atoms with E-state index in [9.17, 15) is 4.79 Å². The zero-order valence-electron chi connectivity index (χ0n) is 12.8. The average Bonchev–Trinajstić information content (AvgIpc) is 3.18. The van der Waals surface area contributed by atoms with Crippen molar-refractivity contribution in [2.45, 2.75) is 25.8 Å². The van der Waals surface area contributed by atoms with Crippen LogP contribution in [0.4, 0.5) is 0 Å². The lowest BCUT2D eigenvalue weighted by Gasteiger charge is -2.37. The molecule has 3 heterocycles. The summed E-state index contributed by atoms with van der Waals surface area (Å²) in [5.41, 5.74) is 0.972. The number of piperazine rings is 1. The highest BCUT2D eigenvalue weighted by molar-refractivity contribution is 5.79. The lowest BCUT2D eigenvalue weighted by molar-refractivity contribution is -0.129. The maximum absolute atomic E-state index is 12.3. The van der Waals surface area contributed by atoms with E-state index in [-0.39, 0.29) is 5.91 Å². The van der Waals surface area contributed by atoms with E-state index in [0.29, 0.717) is 12.5 Å². The van der Waals surface area contributed by atoms with Crippen LogP contribution in [-0.2, 0) is 11.2 Å². The summed E-state index contributed by atoms with van der Waals surface area (Å²) in [6.07, 6.45) is 4.87. The number of amides is 1. The summed E-state index contributed by atoms with van der Waals surface area (Å²) in [7, 11) is 0. The lowest BCUT2D eigenvalue weighted by atomic mass is 10.2. The Balaban J connectivity index is 1.48. The van der Waals surface area contributed by atoms with Crippen LogP contribution in [0.1, 0.15) is 18.9 Å². The van der Waals surface area contributed by atoms with Gasteiger partial charge in [-0.15, -0.1) is 0 Å². The highest BCUT2D eigenvalue weighted by Gasteiger charge is 2.31. The molecule has 2 aliphatic rings. The first kappa shape index (κ1) is 14.6. The quantitative estimate of drug-likeness (QED) is 0.832. The molecule has 5 heteroatoms.